The summed E-state index contributed by atoms with van der Waals surface area (Å²) in [5.41, 5.74) is 0.741. The molecule has 0 spiro atoms. The third-order valence-corrected chi connectivity index (χ3v) is 4.32. The molecule has 2 nitrogen and oxygen atoms in total. The average Bonchev–Trinajstić information content (AvgIpc) is 2.73. The number of hydrogen-bond acceptors (Lipinski definition) is 2. The highest BCUT2D eigenvalue weighted by atomic mass is 127. The number of hydrogen-bond donors (Lipinski definition) is 0. The number of ether oxygens (including phenoxy) is 1. The molecule has 1 fully saturated rings. The van der Waals surface area contributed by atoms with Crippen molar-refractivity contribution in [2.45, 2.75) is 29.3 Å². The number of carbonyl (C=O) groups excluding carboxylic acids is 1. The van der Waals surface area contributed by atoms with Gasteiger partial charge in [0.05, 0.1) is 6.10 Å². The Balaban J connectivity index is 1.84. The molecule has 0 saturated heterocycles. The molecule has 1 aromatic carbocycles. The van der Waals surface area contributed by atoms with Crippen LogP contribution in [0.1, 0.15) is 29.6 Å². The van der Waals surface area contributed by atoms with E-state index in [0.717, 1.165) is 12.0 Å². The summed E-state index contributed by atoms with van der Waals surface area (Å²) in [6, 6.07) is 9.34. The lowest BCUT2D eigenvalue weighted by Gasteiger charge is -2.14. The average molecular weight is 330 g/mol. The van der Waals surface area contributed by atoms with Gasteiger partial charge in [-0.15, -0.1) is 0 Å². The van der Waals surface area contributed by atoms with Crippen molar-refractivity contribution in [2.75, 3.05) is 6.61 Å². The van der Waals surface area contributed by atoms with E-state index in [4.69, 9.17) is 4.74 Å². The van der Waals surface area contributed by atoms with Crippen LogP contribution in [0.3, 0.4) is 0 Å². The molecular weight excluding hydrogens is 315 g/mol. The first-order chi connectivity index (χ1) is 7.77. The number of benzene rings is 1. The minimum Gasteiger partial charge on any atom is -0.369 e. The van der Waals surface area contributed by atoms with Crippen LogP contribution < -0.4 is 0 Å². The van der Waals surface area contributed by atoms with Crippen LogP contribution in [-0.4, -0.2) is 22.4 Å². The molecule has 0 heterocycles. The maximum Gasteiger partial charge on any atom is 0.188 e. The quantitative estimate of drug-likeness (QED) is 0.481. The number of Topliss-reactive ketones (excluding diaryl/α,β-unsaturated/α-hetero) is 1. The van der Waals surface area contributed by atoms with Gasteiger partial charge in [0, 0.05) is 9.49 Å². The van der Waals surface area contributed by atoms with Gasteiger partial charge in [-0.2, -0.15) is 0 Å². The Hall–Kier alpha value is -0.420. The van der Waals surface area contributed by atoms with E-state index in [1.165, 1.54) is 12.8 Å². The first-order valence-corrected chi connectivity index (χ1v) is 6.86. The topological polar surface area (TPSA) is 26.3 Å². The van der Waals surface area contributed by atoms with E-state index in [9.17, 15) is 4.79 Å². The van der Waals surface area contributed by atoms with Crippen LogP contribution in [0.5, 0.6) is 0 Å². The van der Waals surface area contributed by atoms with E-state index in [-0.39, 0.29) is 18.5 Å². The van der Waals surface area contributed by atoms with Crippen LogP contribution in [-0.2, 0) is 4.74 Å². The van der Waals surface area contributed by atoms with Gasteiger partial charge in [0.25, 0.3) is 0 Å². The molecule has 0 aliphatic heterocycles. The predicted octanol–water partition coefficient (Wildman–Crippen LogP) is 3.24. The Labute approximate surface area is 110 Å². The van der Waals surface area contributed by atoms with Crippen LogP contribution >= 0.6 is 22.6 Å². The first-order valence-electron chi connectivity index (χ1n) is 5.61. The Morgan fingerprint density at radius 3 is 2.69 bits per heavy atom. The Morgan fingerprint density at radius 1 is 1.31 bits per heavy atom. The van der Waals surface area contributed by atoms with Crippen LogP contribution in [0, 0.1) is 0 Å². The van der Waals surface area contributed by atoms with Crippen molar-refractivity contribution in [1.82, 2.24) is 0 Å². The van der Waals surface area contributed by atoms with Crippen molar-refractivity contribution in [2.24, 2.45) is 0 Å². The zero-order valence-corrected chi connectivity index (χ0v) is 11.2. The van der Waals surface area contributed by atoms with Gasteiger partial charge in [0.15, 0.2) is 5.78 Å². The fraction of sp³-hybridized carbons (Fsp3) is 0.462. The number of rotatable bonds is 4. The monoisotopic (exact) mass is 330 g/mol. The molecule has 0 N–H and O–H groups in total. The summed E-state index contributed by atoms with van der Waals surface area (Å²) >= 11 is 2.42. The van der Waals surface area contributed by atoms with Gasteiger partial charge in [-0.3, -0.25) is 4.79 Å². The second-order valence-electron chi connectivity index (χ2n) is 4.09. The molecule has 86 valence electrons. The fourth-order valence-electron chi connectivity index (χ4n) is 1.96. The van der Waals surface area contributed by atoms with Crippen LogP contribution in [0.4, 0.5) is 0 Å². The minimum absolute atomic E-state index is 0.0797. The van der Waals surface area contributed by atoms with Crippen LogP contribution in [0.15, 0.2) is 30.3 Å². The summed E-state index contributed by atoms with van der Waals surface area (Å²) < 4.78 is 6.24. The zero-order chi connectivity index (χ0) is 11.4. The third kappa shape index (κ3) is 3.04. The Bertz CT molecular complexity index is 350. The van der Waals surface area contributed by atoms with E-state index in [1.54, 1.807) is 0 Å². The molecular formula is C13H15IO2. The van der Waals surface area contributed by atoms with E-state index < -0.39 is 0 Å². The summed E-state index contributed by atoms with van der Waals surface area (Å²) in [5.74, 6) is 0.0797. The van der Waals surface area contributed by atoms with E-state index in [1.807, 2.05) is 30.3 Å². The maximum atomic E-state index is 11.8. The highest BCUT2D eigenvalue weighted by Gasteiger charge is 2.26. The standard InChI is InChI=1S/C13H15IO2/c14-11-7-4-8-13(11)16-9-12(15)10-5-2-1-3-6-10/h1-3,5-6,11,13H,4,7-9H2. The van der Waals surface area contributed by atoms with E-state index in [2.05, 4.69) is 22.6 Å². The van der Waals surface area contributed by atoms with Gasteiger partial charge < -0.3 is 4.74 Å². The highest BCUT2D eigenvalue weighted by Crippen LogP contribution is 2.28. The van der Waals surface area contributed by atoms with Crippen molar-refractivity contribution in [3.63, 3.8) is 0 Å². The lowest BCUT2D eigenvalue weighted by molar-refractivity contribution is 0.0514. The molecule has 1 aliphatic carbocycles. The van der Waals surface area contributed by atoms with Crippen molar-refractivity contribution < 1.29 is 9.53 Å². The van der Waals surface area contributed by atoms with E-state index in [0.29, 0.717) is 3.92 Å². The Morgan fingerprint density at radius 2 is 2.06 bits per heavy atom. The van der Waals surface area contributed by atoms with Gasteiger partial charge in [-0.05, 0) is 19.3 Å². The molecule has 16 heavy (non-hydrogen) atoms. The molecule has 0 amide bonds. The molecule has 0 radical (unpaired) electrons. The second kappa shape index (κ2) is 5.77. The molecule has 0 bridgehead atoms. The second-order valence-corrected chi connectivity index (χ2v) is 5.69. The van der Waals surface area contributed by atoms with E-state index >= 15 is 0 Å². The molecule has 1 saturated carbocycles. The lowest BCUT2D eigenvalue weighted by atomic mass is 10.1. The number of carbonyl (C=O) groups is 1. The largest absolute Gasteiger partial charge is 0.369 e. The molecule has 2 unspecified atom stereocenters. The van der Waals surface area contributed by atoms with Crippen molar-refractivity contribution in [1.29, 1.82) is 0 Å². The molecule has 2 atom stereocenters. The van der Waals surface area contributed by atoms with Crippen molar-refractivity contribution in [3.8, 4) is 0 Å². The SMILES string of the molecule is O=C(COC1CCCC1I)c1ccccc1. The zero-order valence-electron chi connectivity index (χ0n) is 9.06. The lowest BCUT2D eigenvalue weighted by Crippen LogP contribution is -2.22. The maximum absolute atomic E-state index is 11.8. The van der Waals surface area contributed by atoms with Gasteiger partial charge >= 0.3 is 0 Å². The molecule has 1 aromatic rings. The van der Waals surface area contributed by atoms with Gasteiger partial charge in [0.1, 0.15) is 6.61 Å². The molecule has 2 rings (SSSR count). The summed E-state index contributed by atoms with van der Waals surface area (Å²) in [6.45, 7) is 0.216. The van der Waals surface area contributed by atoms with Gasteiger partial charge in [-0.1, -0.05) is 52.9 Å². The summed E-state index contributed by atoms with van der Waals surface area (Å²) in [7, 11) is 0. The molecule has 1 aliphatic rings. The summed E-state index contributed by atoms with van der Waals surface area (Å²) in [6.07, 6.45) is 3.80. The van der Waals surface area contributed by atoms with Crippen molar-refractivity contribution in [3.05, 3.63) is 35.9 Å². The van der Waals surface area contributed by atoms with Crippen molar-refractivity contribution >= 4 is 28.4 Å². The Kier molecular flexibility index (Phi) is 4.35. The van der Waals surface area contributed by atoms with Crippen LogP contribution in [0.25, 0.3) is 0 Å². The van der Waals surface area contributed by atoms with Crippen LogP contribution in [0.2, 0.25) is 0 Å². The third-order valence-electron chi connectivity index (χ3n) is 2.90. The fourth-order valence-corrected chi connectivity index (χ4v) is 2.97. The number of alkyl halides is 1. The normalized spacial score (nSPS) is 24.6. The smallest absolute Gasteiger partial charge is 0.188 e. The minimum atomic E-state index is 0.0797. The molecule has 0 aromatic heterocycles. The first kappa shape index (κ1) is 12.0. The predicted molar refractivity (Wildman–Crippen MR) is 72.2 cm³/mol. The number of ketones is 1. The summed E-state index contributed by atoms with van der Waals surface area (Å²) in [5, 5.41) is 0. The van der Waals surface area contributed by atoms with Gasteiger partial charge in [-0.25, -0.2) is 0 Å². The molecule has 3 heteroatoms. The highest BCUT2D eigenvalue weighted by molar-refractivity contribution is 14.1. The number of halogens is 1. The summed E-state index contributed by atoms with van der Waals surface area (Å²) in [4.78, 5) is 11.8. The van der Waals surface area contributed by atoms with Gasteiger partial charge in [0.2, 0.25) is 0 Å².